The lowest BCUT2D eigenvalue weighted by atomic mass is 10.1. The summed E-state index contributed by atoms with van der Waals surface area (Å²) in [5.41, 5.74) is 0.696. The molecule has 1 N–H and O–H groups in total. The van der Waals surface area contributed by atoms with Gasteiger partial charge in [0.1, 0.15) is 0 Å². The summed E-state index contributed by atoms with van der Waals surface area (Å²) in [4.78, 5) is 4.78. The second-order valence-electron chi connectivity index (χ2n) is 7.21. The molecule has 0 saturated carbocycles. The number of benzene rings is 1. The first-order valence-electron chi connectivity index (χ1n) is 8.79. The average Bonchev–Trinajstić information content (AvgIpc) is 2.71. The molecule has 130 valence electrons. The maximum absolute atomic E-state index is 10.1. The Morgan fingerprint density at radius 2 is 2.04 bits per heavy atom. The highest BCUT2D eigenvalue weighted by atomic mass is 16.5. The van der Waals surface area contributed by atoms with E-state index in [9.17, 15) is 5.11 Å². The van der Waals surface area contributed by atoms with Gasteiger partial charge in [0.05, 0.1) is 11.7 Å². The standard InChI is InChI=1S/C19H32N2O2/c1-4-20(16-19(2,3)22)14-18-15-21(11-8-12-23-18)13-17-9-6-5-7-10-17/h5-7,9-10,18,22H,4,8,11-16H2,1-3H3/t18-/m1/s1. The zero-order valence-corrected chi connectivity index (χ0v) is 14.9. The minimum atomic E-state index is -0.662. The first-order chi connectivity index (χ1) is 11.0. The Bertz CT molecular complexity index is 444. The highest BCUT2D eigenvalue weighted by Crippen LogP contribution is 2.13. The maximum Gasteiger partial charge on any atom is 0.0828 e. The van der Waals surface area contributed by atoms with Gasteiger partial charge in [-0.25, -0.2) is 0 Å². The predicted octanol–water partition coefficient (Wildman–Crippen LogP) is 2.37. The van der Waals surface area contributed by atoms with Crippen molar-refractivity contribution in [2.75, 3.05) is 39.3 Å². The molecule has 0 spiro atoms. The molecule has 1 aromatic rings. The Kier molecular flexibility index (Phi) is 7.03. The van der Waals surface area contributed by atoms with Crippen LogP contribution in [-0.2, 0) is 11.3 Å². The van der Waals surface area contributed by atoms with Crippen molar-refractivity contribution in [1.29, 1.82) is 0 Å². The quantitative estimate of drug-likeness (QED) is 0.837. The van der Waals surface area contributed by atoms with Gasteiger partial charge in [0.15, 0.2) is 0 Å². The zero-order valence-electron chi connectivity index (χ0n) is 14.9. The van der Waals surface area contributed by atoms with Crippen LogP contribution in [0.2, 0.25) is 0 Å². The van der Waals surface area contributed by atoms with Crippen molar-refractivity contribution in [1.82, 2.24) is 9.80 Å². The van der Waals surface area contributed by atoms with Crippen LogP contribution in [0.15, 0.2) is 30.3 Å². The molecule has 4 nitrogen and oxygen atoms in total. The molecule has 0 aliphatic carbocycles. The molecule has 0 bridgehead atoms. The smallest absolute Gasteiger partial charge is 0.0828 e. The van der Waals surface area contributed by atoms with E-state index in [1.165, 1.54) is 5.56 Å². The molecule has 23 heavy (non-hydrogen) atoms. The van der Waals surface area contributed by atoms with E-state index >= 15 is 0 Å². The van der Waals surface area contributed by atoms with E-state index in [0.717, 1.165) is 45.8 Å². The molecule has 1 saturated heterocycles. The van der Waals surface area contributed by atoms with Crippen LogP contribution >= 0.6 is 0 Å². The lowest BCUT2D eigenvalue weighted by Crippen LogP contribution is -2.45. The van der Waals surface area contributed by atoms with Gasteiger partial charge in [0, 0.05) is 39.3 Å². The summed E-state index contributed by atoms with van der Waals surface area (Å²) in [6.45, 7) is 12.2. The van der Waals surface area contributed by atoms with Crippen LogP contribution in [0.1, 0.15) is 32.8 Å². The summed E-state index contributed by atoms with van der Waals surface area (Å²) in [6, 6.07) is 10.6. The van der Waals surface area contributed by atoms with Gasteiger partial charge in [-0.2, -0.15) is 0 Å². The van der Waals surface area contributed by atoms with Gasteiger partial charge >= 0.3 is 0 Å². The van der Waals surface area contributed by atoms with Crippen molar-refractivity contribution in [2.45, 2.75) is 45.4 Å². The van der Waals surface area contributed by atoms with E-state index in [1.54, 1.807) is 0 Å². The summed E-state index contributed by atoms with van der Waals surface area (Å²) in [7, 11) is 0. The Morgan fingerprint density at radius 3 is 2.70 bits per heavy atom. The Labute approximate surface area is 141 Å². The SMILES string of the molecule is CCN(C[C@@H]1CN(Cc2ccccc2)CCCO1)CC(C)(C)O. The van der Waals surface area contributed by atoms with Gasteiger partial charge in [-0.3, -0.25) is 9.80 Å². The van der Waals surface area contributed by atoms with Crippen LogP contribution in [0.25, 0.3) is 0 Å². The molecule has 1 fully saturated rings. The molecule has 0 unspecified atom stereocenters. The molecule has 1 heterocycles. The van der Waals surface area contributed by atoms with Gasteiger partial charge in [0.25, 0.3) is 0 Å². The molecular weight excluding hydrogens is 288 g/mol. The number of rotatable bonds is 7. The van der Waals surface area contributed by atoms with Crippen LogP contribution in [0.3, 0.4) is 0 Å². The zero-order chi connectivity index (χ0) is 16.7. The number of nitrogens with zero attached hydrogens (tertiary/aromatic N) is 2. The second-order valence-corrected chi connectivity index (χ2v) is 7.21. The highest BCUT2D eigenvalue weighted by Gasteiger charge is 2.24. The van der Waals surface area contributed by atoms with E-state index in [0.29, 0.717) is 6.54 Å². The Hall–Kier alpha value is -0.940. The Balaban J connectivity index is 1.90. The largest absolute Gasteiger partial charge is 0.389 e. The van der Waals surface area contributed by atoms with Crippen molar-refractivity contribution < 1.29 is 9.84 Å². The summed E-state index contributed by atoms with van der Waals surface area (Å²) in [5, 5.41) is 10.1. The molecule has 0 amide bonds. The number of ether oxygens (including phenoxy) is 1. The third-order valence-corrected chi connectivity index (χ3v) is 4.20. The lowest BCUT2D eigenvalue weighted by molar-refractivity contribution is -0.00517. The Morgan fingerprint density at radius 1 is 1.30 bits per heavy atom. The van der Waals surface area contributed by atoms with Crippen LogP contribution in [0.4, 0.5) is 0 Å². The average molecular weight is 320 g/mol. The van der Waals surface area contributed by atoms with E-state index in [4.69, 9.17) is 4.74 Å². The van der Waals surface area contributed by atoms with Crippen molar-refractivity contribution in [3.05, 3.63) is 35.9 Å². The minimum Gasteiger partial charge on any atom is -0.389 e. The summed E-state index contributed by atoms with van der Waals surface area (Å²) in [6.07, 6.45) is 1.30. The normalized spacial score (nSPS) is 20.7. The molecule has 1 aliphatic rings. The van der Waals surface area contributed by atoms with Crippen LogP contribution in [0.5, 0.6) is 0 Å². The van der Waals surface area contributed by atoms with Crippen molar-refractivity contribution >= 4 is 0 Å². The first-order valence-corrected chi connectivity index (χ1v) is 8.79. The monoisotopic (exact) mass is 320 g/mol. The van der Waals surface area contributed by atoms with Gasteiger partial charge in [-0.15, -0.1) is 0 Å². The maximum atomic E-state index is 10.1. The van der Waals surface area contributed by atoms with Gasteiger partial charge in [-0.1, -0.05) is 37.3 Å². The van der Waals surface area contributed by atoms with Gasteiger partial charge < -0.3 is 9.84 Å². The lowest BCUT2D eigenvalue weighted by Gasteiger charge is -2.32. The van der Waals surface area contributed by atoms with Gasteiger partial charge in [0.2, 0.25) is 0 Å². The number of hydrogen-bond acceptors (Lipinski definition) is 4. The van der Waals surface area contributed by atoms with Crippen molar-refractivity contribution in [2.24, 2.45) is 0 Å². The molecular formula is C19H32N2O2. The fraction of sp³-hybridized carbons (Fsp3) is 0.684. The molecule has 2 rings (SSSR count). The van der Waals surface area contributed by atoms with Crippen LogP contribution in [-0.4, -0.2) is 65.9 Å². The number of hydrogen-bond donors (Lipinski definition) is 1. The summed E-state index contributed by atoms with van der Waals surface area (Å²) < 4.78 is 6.05. The molecule has 1 aliphatic heterocycles. The summed E-state index contributed by atoms with van der Waals surface area (Å²) in [5.74, 6) is 0. The molecule has 1 aromatic carbocycles. The fourth-order valence-corrected chi connectivity index (χ4v) is 3.21. The van der Waals surface area contributed by atoms with E-state index in [2.05, 4.69) is 47.1 Å². The van der Waals surface area contributed by atoms with E-state index in [1.807, 2.05) is 13.8 Å². The number of likely N-dealkylation sites (N-methyl/N-ethyl adjacent to an activating group) is 1. The second kappa shape index (κ2) is 8.78. The molecule has 0 radical (unpaired) electrons. The third-order valence-electron chi connectivity index (χ3n) is 4.20. The molecule has 0 aromatic heterocycles. The van der Waals surface area contributed by atoms with Crippen molar-refractivity contribution in [3.63, 3.8) is 0 Å². The molecule has 1 atom stereocenters. The third kappa shape index (κ3) is 7.00. The molecule has 4 heteroatoms. The minimum absolute atomic E-state index is 0.212. The van der Waals surface area contributed by atoms with Gasteiger partial charge in [-0.05, 0) is 32.4 Å². The predicted molar refractivity (Wildman–Crippen MR) is 94.5 cm³/mol. The first kappa shape index (κ1) is 18.4. The number of aliphatic hydroxyl groups is 1. The fourth-order valence-electron chi connectivity index (χ4n) is 3.21. The van der Waals surface area contributed by atoms with Crippen LogP contribution < -0.4 is 0 Å². The van der Waals surface area contributed by atoms with Crippen LogP contribution in [0, 0.1) is 0 Å². The highest BCUT2D eigenvalue weighted by molar-refractivity contribution is 5.14. The van der Waals surface area contributed by atoms with E-state index < -0.39 is 5.60 Å². The topological polar surface area (TPSA) is 35.9 Å². The van der Waals surface area contributed by atoms with Crippen molar-refractivity contribution in [3.8, 4) is 0 Å². The van der Waals surface area contributed by atoms with E-state index in [-0.39, 0.29) is 6.10 Å². The summed E-state index contributed by atoms with van der Waals surface area (Å²) >= 11 is 0.